The molecule has 0 aromatic carbocycles. The smallest absolute Gasteiger partial charge is 0.253 e. The van der Waals surface area contributed by atoms with Crippen LogP contribution in [0.2, 0.25) is 0 Å². The van der Waals surface area contributed by atoms with E-state index in [0.29, 0.717) is 0 Å². The highest BCUT2D eigenvalue weighted by molar-refractivity contribution is 5.96. The maximum Gasteiger partial charge on any atom is 0.253 e. The van der Waals surface area contributed by atoms with Crippen LogP contribution in [0, 0.1) is 13.8 Å². The van der Waals surface area contributed by atoms with Crippen LogP contribution < -0.4 is 5.32 Å². The molecule has 0 fully saturated rings. The Morgan fingerprint density at radius 3 is 2.55 bits per heavy atom. The molecule has 0 radical (unpaired) electrons. The first kappa shape index (κ1) is 7.85. The summed E-state index contributed by atoms with van der Waals surface area (Å²) >= 11 is 0. The highest BCUT2D eigenvalue weighted by Crippen LogP contribution is 2.10. The first-order valence-electron chi connectivity index (χ1n) is 3.53. The third-order valence-corrected chi connectivity index (χ3v) is 1.73. The molecule has 0 spiro atoms. The van der Waals surface area contributed by atoms with Gasteiger partial charge in [-0.3, -0.25) is 4.79 Å². The van der Waals surface area contributed by atoms with E-state index in [4.69, 9.17) is 0 Å². The number of hydrogen-bond acceptors (Lipinski definition) is 1. The van der Waals surface area contributed by atoms with E-state index >= 15 is 0 Å². The van der Waals surface area contributed by atoms with E-state index in [2.05, 4.69) is 10.3 Å². The zero-order chi connectivity index (χ0) is 8.43. The Morgan fingerprint density at radius 1 is 1.55 bits per heavy atom. The lowest BCUT2D eigenvalue weighted by atomic mass is 10.1. The van der Waals surface area contributed by atoms with Crippen molar-refractivity contribution in [2.75, 3.05) is 7.05 Å². The molecule has 0 unspecified atom stereocenters. The van der Waals surface area contributed by atoms with Crippen LogP contribution in [0.3, 0.4) is 0 Å². The SMILES string of the molecule is CNC(=O)c1c(C)c[nH]c1C. The molecule has 3 nitrogen and oxygen atoms in total. The number of aromatic nitrogens is 1. The van der Waals surface area contributed by atoms with E-state index < -0.39 is 0 Å². The standard InChI is InChI=1S/C8H12N2O/c1-5-4-10-6(2)7(5)8(11)9-3/h4,10H,1-3H3,(H,9,11). The van der Waals surface area contributed by atoms with Gasteiger partial charge in [0, 0.05) is 18.9 Å². The van der Waals surface area contributed by atoms with Gasteiger partial charge in [-0.1, -0.05) is 0 Å². The van der Waals surface area contributed by atoms with Crippen LogP contribution in [0.4, 0.5) is 0 Å². The Bertz CT molecular complexity index is 256. The van der Waals surface area contributed by atoms with Crippen molar-refractivity contribution < 1.29 is 4.79 Å². The Balaban J connectivity index is 3.10. The van der Waals surface area contributed by atoms with E-state index in [9.17, 15) is 4.79 Å². The van der Waals surface area contributed by atoms with Gasteiger partial charge in [-0.15, -0.1) is 0 Å². The van der Waals surface area contributed by atoms with E-state index in [1.54, 1.807) is 7.05 Å². The third kappa shape index (κ3) is 1.27. The summed E-state index contributed by atoms with van der Waals surface area (Å²) < 4.78 is 0. The summed E-state index contributed by atoms with van der Waals surface area (Å²) in [5, 5.41) is 2.59. The number of aromatic amines is 1. The predicted octanol–water partition coefficient (Wildman–Crippen LogP) is 0.991. The average molecular weight is 152 g/mol. The molecule has 1 amide bonds. The Hall–Kier alpha value is -1.25. The lowest BCUT2D eigenvalue weighted by Gasteiger charge is -1.98. The molecule has 0 atom stereocenters. The molecule has 0 aliphatic heterocycles. The molecule has 0 bridgehead atoms. The fourth-order valence-electron chi connectivity index (χ4n) is 1.13. The van der Waals surface area contributed by atoms with E-state index in [1.165, 1.54) is 0 Å². The molecule has 1 aromatic rings. The van der Waals surface area contributed by atoms with Crippen LogP contribution >= 0.6 is 0 Å². The van der Waals surface area contributed by atoms with Crippen molar-refractivity contribution in [2.24, 2.45) is 0 Å². The largest absolute Gasteiger partial charge is 0.364 e. The van der Waals surface area contributed by atoms with E-state index in [0.717, 1.165) is 16.8 Å². The average Bonchev–Trinajstić information content (AvgIpc) is 2.30. The van der Waals surface area contributed by atoms with Gasteiger partial charge in [0.15, 0.2) is 0 Å². The van der Waals surface area contributed by atoms with Crippen molar-refractivity contribution in [3.8, 4) is 0 Å². The van der Waals surface area contributed by atoms with Crippen molar-refractivity contribution in [2.45, 2.75) is 13.8 Å². The van der Waals surface area contributed by atoms with Crippen LogP contribution in [-0.2, 0) is 0 Å². The number of nitrogens with one attached hydrogen (secondary N) is 2. The van der Waals surface area contributed by atoms with Gasteiger partial charge in [-0.25, -0.2) is 0 Å². The third-order valence-electron chi connectivity index (χ3n) is 1.73. The maximum atomic E-state index is 11.2. The van der Waals surface area contributed by atoms with Gasteiger partial charge in [0.1, 0.15) is 0 Å². The second-order valence-electron chi connectivity index (χ2n) is 2.55. The summed E-state index contributed by atoms with van der Waals surface area (Å²) in [4.78, 5) is 14.2. The second-order valence-corrected chi connectivity index (χ2v) is 2.55. The molecule has 2 N–H and O–H groups in total. The van der Waals surface area contributed by atoms with Gasteiger partial charge >= 0.3 is 0 Å². The van der Waals surface area contributed by atoms with Crippen molar-refractivity contribution in [1.29, 1.82) is 0 Å². The zero-order valence-electron chi connectivity index (χ0n) is 6.99. The molecular formula is C8H12N2O. The molecule has 60 valence electrons. The molecule has 3 heteroatoms. The summed E-state index contributed by atoms with van der Waals surface area (Å²) in [5.74, 6) is -0.0266. The van der Waals surface area contributed by atoms with Gasteiger partial charge < -0.3 is 10.3 Å². The van der Waals surface area contributed by atoms with Crippen molar-refractivity contribution in [3.05, 3.63) is 23.0 Å². The van der Waals surface area contributed by atoms with Gasteiger partial charge in [-0.05, 0) is 19.4 Å². The minimum atomic E-state index is -0.0266. The number of hydrogen-bond donors (Lipinski definition) is 2. The molecule has 0 aliphatic rings. The summed E-state index contributed by atoms with van der Waals surface area (Å²) in [6.07, 6.45) is 1.83. The molecule has 0 aliphatic carbocycles. The van der Waals surface area contributed by atoms with Crippen molar-refractivity contribution in [3.63, 3.8) is 0 Å². The van der Waals surface area contributed by atoms with Gasteiger partial charge in [0.25, 0.3) is 5.91 Å². The minimum Gasteiger partial charge on any atom is -0.364 e. The van der Waals surface area contributed by atoms with Crippen LogP contribution in [0.15, 0.2) is 6.20 Å². The second kappa shape index (κ2) is 2.78. The Labute approximate surface area is 65.8 Å². The minimum absolute atomic E-state index is 0.0266. The fraction of sp³-hybridized carbons (Fsp3) is 0.375. The quantitative estimate of drug-likeness (QED) is 0.619. The summed E-state index contributed by atoms with van der Waals surface area (Å²) in [6, 6.07) is 0. The summed E-state index contributed by atoms with van der Waals surface area (Å²) in [5.41, 5.74) is 2.66. The lowest BCUT2D eigenvalue weighted by Crippen LogP contribution is -2.18. The van der Waals surface area contributed by atoms with Crippen LogP contribution in [-0.4, -0.2) is 17.9 Å². The lowest BCUT2D eigenvalue weighted by molar-refractivity contribution is 0.0962. The fourth-order valence-corrected chi connectivity index (χ4v) is 1.13. The van der Waals surface area contributed by atoms with Crippen molar-refractivity contribution in [1.82, 2.24) is 10.3 Å². The monoisotopic (exact) mass is 152 g/mol. The Morgan fingerprint density at radius 2 is 2.18 bits per heavy atom. The molecule has 11 heavy (non-hydrogen) atoms. The van der Waals surface area contributed by atoms with E-state index in [1.807, 2.05) is 20.0 Å². The topological polar surface area (TPSA) is 44.9 Å². The summed E-state index contributed by atoms with van der Waals surface area (Å²) in [7, 11) is 1.63. The molecule has 1 aromatic heterocycles. The predicted molar refractivity (Wildman–Crippen MR) is 43.7 cm³/mol. The molecule has 1 heterocycles. The normalized spacial score (nSPS) is 9.73. The number of carbonyl (C=O) groups is 1. The summed E-state index contributed by atoms with van der Waals surface area (Å²) in [6.45, 7) is 3.80. The Kier molecular flexibility index (Phi) is 1.98. The van der Waals surface area contributed by atoms with Gasteiger partial charge in [0.05, 0.1) is 5.56 Å². The number of amides is 1. The van der Waals surface area contributed by atoms with Gasteiger partial charge in [-0.2, -0.15) is 0 Å². The number of H-pyrrole nitrogens is 1. The van der Waals surface area contributed by atoms with Crippen molar-refractivity contribution >= 4 is 5.91 Å². The van der Waals surface area contributed by atoms with Crippen LogP contribution in [0.25, 0.3) is 0 Å². The number of aryl methyl sites for hydroxylation is 2. The first-order valence-corrected chi connectivity index (χ1v) is 3.53. The van der Waals surface area contributed by atoms with Crippen LogP contribution in [0.1, 0.15) is 21.6 Å². The zero-order valence-corrected chi connectivity index (χ0v) is 6.99. The molecular weight excluding hydrogens is 140 g/mol. The van der Waals surface area contributed by atoms with E-state index in [-0.39, 0.29) is 5.91 Å². The highest BCUT2D eigenvalue weighted by Gasteiger charge is 2.10. The number of carbonyl (C=O) groups excluding carboxylic acids is 1. The maximum absolute atomic E-state index is 11.2. The van der Waals surface area contributed by atoms with Crippen LogP contribution in [0.5, 0.6) is 0 Å². The highest BCUT2D eigenvalue weighted by atomic mass is 16.1. The molecule has 0 saturated carbocycles. The molecule has 1 rings (SSSR count). The number of rotatable bonds is 1. The van der Waals surface area contributed by atoms with Gasteiger partial charge in [0.2, 0.25) is 0 Å². The molecule has 0 saturated heterocycles. The first-order chi connectivity index (χ1) is 5.16.